The average molecular weight is 541 g/mol. The highest BCUT2D eigenvalue weighted by atomic mass is 19.4. The highest BCUT2D eigenvalue weighted by molar-refractivity contribution is 5.82. The maximum atomic E-state index is 13.7. The summed E-state index contributed by atoms with van der Waals surface area (Å²) in [5.41, 5.74) is 1.84. The number of nitrogens with one attached hydrogen (secondary N) is 2. The number of carbonyl (C=O) groups is 1. The molecule has 3 N–H and O–H groups in total. The summed E-state index contributed by atoms with van der Waals surface area (Å²) in [6.07, 6.45) is -1.61. The molecule has 2 aromatic rings. The number of aliphatic hydroxyl groups excluding tert-OH is 1. The normalized spacial score (nSPS) is 17.6. The molecule has 0 bridgehead atoms. The first-order valence-corrected chi connectivity index (χ1v) is 13.0. The molecule has 0 saturated heterocycles. The first kappa shape index (κ1) is 30.0. The first-order chi connectivity index (χ1) is 17.7. The van der Waals surface area contributed by atoms with Gasteiger partial charge in [0, 0.05) is 18.2 Å². The van der Waals surface area contributed by atoms with Gasteiger partial charge in [-0.1, -0.05) is 64.3 Å². The number of hydrogen-bond acceptors (Lipinski definition) is 3. The van der Waals surface area contributed by atoms with Gasteiger partial charge >= 0.3 is 12.1 Å². The van der Waals surface area contributed by atoms with Gasteiger partial charge in [-0.3, -0.25) is 4.79 Å². The minimum Gasteiger partial charge on any atom is -0.390 e. The number of aliphatic hydroxyl groups is 1. The predicted octanol–water partition coefficient (Wildman–Crippen LogP) is 5.95. The fourth-order valence-corrected chi connectivity index (χ4v) is 5.27. The van der Waals surface area contributed by atoms with Crippen molar-refractivity contribution >= 4 is 5.91 Å². The third-order valence-corrected chi connectivity index (χ3v) is 6.99. The van der Waals surface area contributed by atoms with Crippen molar-refractivity contribution in [3.05, 3.63) is 70.8 Å². The lowest BCUT2D eigenvalue weighted by Gasteiger charge is -2.40. The largest absolute Gasteiger partial charge is 0.471 e. The van der Waals surface area contributed by atoms with Gasteiger partial charge in [-0.25, -0.2) is 8.78 Å². The Kier molecular flexibility index (Phi) is 9.57. The lowest BCUT2D eigenvalue weighted by molar-refractivity contribution is -0.175. The Balaban J connectivity index is 1.84. The van der Waals surface area contributed by atoms with Crippen LogP contribution in [0.1, 0.15) is 69.6 Å². The standard InChI is InChI=1S/C29H37F5N2O2/c1-27(2,3)17-19-8-7-9-21(12-19)28(10-5-4-6-11-28)35-18-25(37)24(36-26(38)29(32,33)34)15-20-13-22(30)16-23(31)14-20/h7-9,12-14,16,24-25,35,37H,4-6,10-11,15,17-18H2,1-3H3,(H,36,38)/t24-,25+/m0/s1. The first-order valence-electron chi connectivity index (χ1n) is 13.0. The van der Waals surface area contributed by atoms with E-state index in [9.17, 15) is 31.9 Å². The molecular weight excluding hydrogens is 503 g/mol. The fourth-order valence-electron chi connectivity index (χ4n) is 5.27. The van der Waals surface area contributed by atoms with Crippen LogP contribution in [0.2, 0.25) is 0 Å². The molecule has 0 radical (unpaired) electrons. The van der Waals surface area contributed by atoms with Crippen LogP contribution in [0.3, 0.4) is 0 Å². The average Bonchev–Trinajstić information content (AvgIpc) is 2.80. The Morgan fingerprint density at radius 1 is 0.974 bits per heavy atom. The summed E-state index contributed by atoms with van der Waals surface area (Å²) in [4.78, 5) is 11.7. The molecule has 1 fully saturated rings. The Morgan fingerprint density at radius 2 is 1.61 bits per heavy atom. The second-order valence-electron chi connectivity index (χ2n) is 11.6. The number of benzene rings is 2. The molecule has 3 rings (SSSR count). The van der Waals surface area contributed by atoms with Crippen LogP contribution in [0.15, 0.2) is 42.5 Å². The Morgan fingerprint density at radius 3 is 2.18 bits per heavy atom. The molecule has 4 nitrogen and oxygen atoms in total. The number of halogens is 5. The summed E-state index contributed by atoms with van der Waals surface area (Å²) in [7, 11) is 0. The van der Waals surface area contributed by atoms with Crippen LogP contribution < -0.4 is 10.6 Å². The molecule has 1 aliphatic rings. The minimum absolute atomic E-state index is 0.0243. The van der Waals surface area contributed by atoms with Gasteiger partial charge in [0.15, 0.2) is 0 Å². The van der Waals surface area contributed by atoms with E-state index < -0.39 is 41.4 Å². The van der Waals surface area contributed by atoms with Crippen molar-refractivity contribution in [3.63, 3.8) is 0 Å². The quantitative estimate of drug-likeness (QED) is 0.345. The highest BCUT2D eigenvalue weighted by Crippen LogP contribution is 2.38. The summed E-state index contributed by atoms with van der Waals surface area (Å²) in [5, 5.41) is 16.2. The van der Waals surface area contributed by atoms with Crippen LogP contribution in [-0.2, 0) is 23.2 Å². The maximum absolute atomic E-state index is 13.7. The predicted molar refractivity (Wildman–Crippen MR) is 136 cm³/mol. The molecule has 0 aliphatic heterocycles. The van der Waals surface area contributed by atoms with Crippen LogP contribution in [0.25, 0.3) is 0 Å². The van der Waals surface area contributed by atoms with Gasteiger partial charge in [-0.05, 0) is 59.9 Å². The number of alkyl halides is 3. The zero-order valence-electron chi connectivity index (χ0n) is 22.1. The van der Waals surface area contributed by atoms with E-state index in [1.54, 1.807) is 0 Å². The van der Waals surface area contributed by atoms with Gasteiger partial charge in [-0.15, -0.1) is 0 Å². The molecule has 2 atom stereocenters. The van der Waals surface area contributed by atoms with Gasteiger partial charge in [0.05, 0.1) is 12.1 Å². The van der Waals surface area contributed by atoms with Crippen molar-refractivity contribution in [1.82, 2.24) is 10.6 Å². The molecule has 0 aromatic heterocycles. The summed E-state index contributed by atoms with van der Waals surface area (Å²) < 4.78 is 66.5. The molecule has 0 spiro atoms. The van der Waals surface area contributed by atoms with Gasteiger partial charge in [0.25, 0.3) is 0 Å². The maximum Gasteiger partial charge on any atom is 0.471 e. The number of rotatable bonds is 9. The zero-order chi connectivity index (χ0) is 28.1. The summed E-state index contributed by atoms with van der Waals surface area (Å²) in [5.74, 6) is -4.02. The van der Waals surface area contributed by atoms with E-state index in [1.165, 1.54) is 5.56 Å². The van der Waals surface area contributed by atoms with Crippen molar-refractivity contribution in [3.8, 4) is 0 Å². The van der Waals surface area contributed by atoms with Gasteiger partial charge < -0.3 is 15.7 Å². The van der Waals surface area contributed by atoms with Crippen molar-refractivity contribution in [1.29, 1.82) is 0 Å². The molecule has 2 aromatic carbocycles. The second kappa shape index (κ2) is 12.1. The molecular formula is C29H37F5N2O2. The Labute approximate surface area is 221 Å². The van der Waals surface area contributed by atoms with Crippen LogP contribution in [-0.4, -0.2) is 35.9 Å². The van der Waals surface area contributed by atoms with Crippen LogP contribution in [0, 0.1) is 17.0 Å². The van der Waals surface area contributed by atoms with E-state index >= 15 is 0 Å². The fraction of sp³-hybridized carbons (Fsp3) is 0.552. The van der Waals surface area contributed by atoms with E-state index in [1.807, 2.05) is 17.4 Å². The molecule has 1 amide bonds. The van der Waals surface area contributed by atoms with E-state index in [0.717, 1.165) is 56.2 Å². The van der Waals surface area contributed by atoms with Crippen molar-refractivity contribution in [2.24, 2.45) is 5.41 Å². The van der Waals surface area contributed by atoms with Gasteiger partial charge in [0.2, 0.25) is 0 Å². The highest BCUT2D eigenvalue weighted by Gasteiger charge is 2.41. The molecule has 0 heterocycles. The van der Waals surface area contributed by atoms with Gasteiger partial charge in [0.1, 0.15) is 11.6 Å². The van der Waals surface area contributed by atoms with Crippen LogP contribution >= 0.6 is 0 Å². The SMILES string of the molecule is CC(C)(C)Cc1cccc(C2(NC[C@@H](O)[C@H](Cc3cc(F)cc(F)c3)NC(=O)C(F)(F)F)CCCCC2)c1. The molecule has 1 aliphatic carbocycles. The van der Waals surface area contributed by atoms with Crippen LogP contribution in [0.4, 0.5) is 22.0 Å². The summed E-state index contributed by atoms with van der Waals surface area (Å²) in [6, 6.07) is 9.40. The monoisotopic (exact) mass is 540 g/mol. The topological polar surface area (TPSA) is 61.4 Å². The summed E-state index contributed by atoms with van der Waals surface area (Å²) >= 11 is 0. The lowest BCUT2D eigenvalue weighted by Crippen LogP contribution is -2.55. The number of carbonyl (C=O) groups excluding carboxylic acids is 1. The Bertz CT molecular complexity index is 1070. The van der Waals surface area contributed by atoms with Crippen molar-refractivity contribution in [2.75, 3.05) is 6.54 Å². The molecule has 9 heteroatoms. The minimum atomic E-state index is -5.17. The lowest BCUT2D eigenvalue weighted by atomic mass is 9.75. The third kappa shape index (κ3) is 8.50. The van der Waals surface area contributed by atoms with Crippen LogP contribution in [0.5, 0.6) is 0 Å². The number of hydrogen-bond donors (Lipinski definition) is 3. The van der Waals surface area contributed by atoms with Gasteiger partial charge in [-0.2, -0.15) is 13.2 Å². The Hall–Kier alpha value is -2.52. The zero-order valence-corrected chi connectivity index (χ0v) is 22.1. The number of amides is 1. The third-order valence-electron chi connectivity index (χ3n) is 6.99. The van der Waals surface area contributed by atoms with Crippen molar-refractivity contribution in [2.45, 2.75) is 89.6 Å². The van der Waals surface area contributed by atoms with Crippen molar-refractivity contribution < 1.29 is 31.9 Å². The second-order valence-corrected chi connectivity index (χ2v) is 11.6. The molecule has 0 unspecified atom stereocenters. The smallest absolute Gasteiger partial charge is 0.390 e. The molecule has 38 heavy (non-hydrogen) atoms. The molecule has 1 saturated carbocycles. The van der Waals surface area contributed by atoms with E-state index in [2.05, 4.69) is 38.2 Å². The van der Waals surface area contributed by atoms with E-state index in [4.69, 9.17) is 0 Å². The van der Waals surface area contributed by atoms with E-state index in [0.29, 0.717) is 6.07 Å². The van der Waals surface area contributed by atoms with E-state index in [-0.39, 0.29) is 23.9 Å². The summed E-state index contributed by atoms with van der Waals surface area (Å²) in [6.45, 7) is 6.35. The molecule has 210 valence electrons.